The molecule has 0 unspecified atom stereocenters. The highest BCUT2D eigenvalue weighted by Gasteiger charge is 2.10. The molecule has 0 aliphatic carbocycles. The summed E-state index contributed by atoms with van der Waals surface area (Å²) in [6.45, 7) is 1.74. The molecule has 0 fully saturated rings. The van der Waals surface area contributed by atoms with E-state index in [2.05, 4.69) is 20.9 Å². The number of hydrogen-bond acceptors (Lipinski definition) is 2. The van der Waals surface area contributed by atoms with Crippen molar-refractivity contribution in [2.75, 3.05) is 0 Å². The summed E-state index contributed by atoms with van der Waals surface area (Å²) in [5.74, 6) is 0.166. The van der Waals surface area contributed by atoms with E-state index in [0.29, 0.717) is 20.7 Å². The standard InChI is InChI=1S/C10H7BrClNO/c1-5-10(14)8(11)6-3-2-4-7(12)9(6)13-5/h2-4,14H,1H3. The average Bonchev–Trinajstić information content (AvgIpc) is 2.17. The molecule has 0 atom stereocenters. The Hall–Kier alpha value is -0.800. The number of benzene rings is 1. The first-order chi connectivity index (χ1) is 6.61. The van der Waals surface area contributed by atoms with Crippen molar-refractivity contribution in [3.8, 4) is 5.75 Å². The van der Waals surface area contributed by atoms with Gasteiger partial charge in [-0.25, -0.2) is 4.98 Å². The molecule has 0 aliphatic heterocycles. The molecule has 1 N–H and O–H groups in total. The van der Waals surface area contributed by atoms with Gasteiger partial charge in [-0.05, 0) is 28.9 Å². The number of halogens is 2. The molecule has 4 heteroatoms. The number of pyridine rings is 1. The zero-order chi connectivity index (χ0) is 10.3. The van der Waals surface area contributed by atoms with Gasteiger partial charge in [0.2, 0.25) is 0 Å². The van der Waals surface area contributed by atoms with Crippen LogP contribution in [0.5, 0.6) is 5.75 Å². The van der Waals surface area contributed by atoms with E-state index in [1.807, 2.05) is 12.1 Å². The molecule has 1 heterocycles. The molecule has 0 aliphatic rings. The molecule has 0 spiro atoms. The first kappa shape index (κ1) is 9.74. The number of para-hydroxylation sites is 1. The van der Waals surface area contributed by atoms with Crippen LogP contribution in [0.25, 0.3) is 10.9 Å². The lowest BCUT2D eigenvalue weighted by atomic mass is 10.2. The maximum atomic E-state index is 9.64. The number of aryl methyl sites for hydroxylation is 1. The molecule has 1 aromatic carbocycles. The van der Waals surface area contributed by atoms with E-state index in [4.69, 9.17) is 11.6 Å². The normalized spacial score (nSPS) is 10.8. The van der Waals surface area contributed by atoms with Crippen molar-refractivity contribution in [3.63, 3.8) is 0 Å². The van der Waals surface area contributed by atoms with E-state index >= 15 is 0 Å². The van der Waals surface area contributed by atoms with Crippen LogP contribution >= 0.6 is 27.5 Å². The van der Waals surface area contributed by atoms with Crippen molar-refractivity contribution in [3.05, 3.63) is 33.4 Å². The second kappa shape index (κ2) is 3.41. The van der Waals surface area contributed by atoms with Crippen LogP contribution in [-0.4, -0.2) is 10.1 Å². The van der Waals surface area contributed by atoms with Gasteiger partial charge in [-0.2, -0.15) is 0 Å². The van der Waals surface area contributed by atoms with Crippen LogP contribution in [0.15, 0.2) is 22.7 Å². The lowest BCUT2D eigenvalue weighted by Gasteiger charge is -2.06. The van der Waals surface area contributed by atoms with Gasteiger partial charge in [0, 0.05) is 5.39 Å². The Bertz CT molecular complexity index is 513. The molecular formula is C10H7BrClNO. The number of aromatic nitrogens is 1. The second-order valence-electron chi connectivity index (χ2n) is 3.00. The van der Waals surface area contributed by atoms with Crippen molar-refractivity contribution < 1.29 is 5.11 Å². The Morgan fingerprint density at radius 3 is 2.86 bits per heavy atom. The number of aromatic hydroxyl groups is 1. The zero-order valence-electron chi connectivity index (χ0n) is 7.38. The SMILES string of the molecule is Cc1nc2c(Cl)cccc2c(Br)c1O. The highest BCUT2D eigenvalue weighted by Crippen LogP contribution is 2.35. The monoisotopic (exact) mass is 271 g/mol. The van der Waals surface area contributed by atoms with Crippen LogP contribution in [0.2, 0.25) is 5.02 Å². The Kier molecular flexibility index (Phi) is 2.37. The average molecular weight is 273 g/mol. The summed E-state index contributed by atoms with van der Waals surface area (Å²) < 4.78 is 0.641. The Balaban J connectivity index is 2.98. The number of fused-ring (bicyclic) bond motifs is 1. The van der Waals surface area contributed by atoms with Gasteiger partial charge in [0.25, 0.3) is 0 Å². The van der Waals surface area contributed by atoms with Crippen LogP contribution in [0.3, 0.4) is 0 Å². The lowest BCUT2D eigenvalue weighted by Crippen LogP contribution is -1.87. The molecule has 0 bridgehead atoms. The lowest BCUT2D eigenvalue weighted by molar-refractivity contribution is 0.465. The highest BCUT2D eigenvalue weighted by atomic mass is 79.9. The summed E-state index contributed by atoms with van der Waals surface area (Å²) in [7, 11) is 0. The fraction of sp³-hybridized carbons (Fsp3) is 0.100. The maximum Gasteiger partial charge on any atom is 0.151 e. The Labute approximate surface area is 94.7 Å². The predicted octanol–water partition coefficient (Wildman–Crippen LogP) is 3.66. The summed E-state index contributed by atoms with van der Waals surface area (Å²) in [6.07, 6.45) is 0. The topological polar surface area (TPSA) is 33.1 Å². The summed E-state index contributed by atoms with van der Waals surface area (Å²) in [4.78, 5) is 4.22. The number of rotatable bonds is 0. The number of nitrogens with zero attached hydrogens (tertiary/aromatic N) is 1. The zero-order valence-corrected chi connectivity index (χ0v) is 9.72. The quantitative estimate of drug-likeness (QED) is 0.794. The first-order valence-electron chi connectivity index (χ1n) is 4.04. The molecule has 0 saturated carbocycles. The van der Waals surface area contributed by atoms with Crippen molar-refractivity contribution in [2.24, 2.45) is 0 Å². The van der Waals surface area contributed by atoms with Crippen LogP contribution in [0.1, 0.15) is 5.69 Å². The molecule has 1 aromatic heterocycles. The molecule has 2 aromatic rings. The van der Waals surface area contributed by atoms with E-state index in [-0.39, 0.29) is 5.75 Å². The Morgan fingerprint density at radius 1 is 1.43 bits per heavy atom. The summed E-state index contributed by atoms with van der Waals surface area (Å²) >= 11 is 9.31. The van der Waals surface area contributed by atoms with Crippen LogP contribution < -0.4 is 0 Å². The third-order valence-corrected chi connectivity index (χ3v) is 3.16. The van der Waals surface area contributed by atoms with E-state index in [1.165, 1.54) is 0 Å². The van der Waals surface area contributed by atoms with E-state index in [0.717, 1.165) is 5.39 Å². The summed E-state index contributed by atoms with van der Waals surface area (Å²) in [5.41, 5.74) is 1.27. The minimum atomic E-state index is 0.166. The molecular weight excluding hydrogens is 265 g/mol. The van der Waals surface area contributed by atoms with Crippen molar-refractivity contribution >= 4 is 38.4 Å². The first-order valence-corrected chi connectivity index (χ1v) is 5.21. The van der Waals surface area contributed by atoms with Gasteiger partial charge in [0.15, 0.2) is 5.75 Å². The van der Waals surface area contributed by atoms with Gasteiger partial charge in [-0.1, -0.05) is 23.7 Å². The largest absolute Gasteiger partial charge is 0.505 e. The third kappa shape index (κ3) is 1.37. The predicted molar refractivity (Wildman–Crippen MR) is 60.9 cm³/mol. The third-order valence-electron chi connectivity index (χ3n) is 2.05. The minimum Gasteiger partial charge on any atom is -0.505 e. The van der Waals surface area contributed by atoms with Gasteiger partial charge in [0.05, 0.1) is 20.7 Å². The van der Waals surface area contributed by atoms with Crippen LogP contribution in [0, 0.1) is 6.92 Å². The van der Waals surface area contributed by atoms with Gasteiger partial charge < -0.3 is 5.11 Å². The van der Waals surface area contributed by atoms with Gasteiger partial charge >= 0.3 is 0 Å². The maximum absolute atomic E-state index is 9.64. The van der Waals surface area contributed by atoms with Crippen molar-refractivity contribution in [2.45, 2.75) is 6.92 Å². The van der Waals surface area contributed by atoms with E-state index in [9.17, 15) is 5.11 Å². The van der Waals surface area contributed by atoms with Gasteiger partial charge in [0.1, 0.15) is 0 Å². The molecule has 2 nitrogen and oxygen atoms in total. The van der Waals surface area contributed by atoms with E-state index < -0.39 is 0 Å². The summed E-state index contributed by atoms with van der Waals surface area (Å²) in [5, 5.41) is 11.1. The molecule has 0 amide bonds. The van der Waals surface area contributed by atoms with Crippen molar-refractivity contribution in [1.29, 1.82) is 0 Å². The van der Waals surface area contributed by atoms with Crippen molar-refractivity contribution in [1.82, 2.24) is 4.98 Å². The molecule has 0 radical (unpaired) electrons. The fourth-order valence-electron chi connectivity index (χ4n) is 1.31. The fourth-order valence-corrected chi connectivity index (χ4v) is 2.14. The molecule has 2 rings (SSSR count). The van der Waals surface area contributed by atoms with E-state index in [1.54, 1.807) is 13.0 Å². The van der Waals surface area contributed by atoms with Gasteiger partial charge in [-0.15, -0.1) is 0 Å². The van der Waals surface area contributed by atoms with Gasteiger partial charge in [-0.3, -0.25) is 0 Å². The molecule has 72 valence electrons. The number of hydrogen-bond donors (Lipinski definition) is 1. The molecule has 0 saturated heterocycles. The summed E-state index contributed by atoms with van der Waals surface area (Å²) in [6, 6.07) is 5.46. The molecule has 14 heavy (non-hydrogen) atoms. The van der Waals surface area contributed by atoms with Crippen LogP contribution in [-0.2, 0) is 0 Å². The van der Waals surface area contributed by atoms with Crippen LogP contribution in [0.4, 0.5) is 0 Å². The minimum absolute atomic E-state index is 0.166. The smallest absolute Gasteiger partial charge is 0.151 e. The highest BCUT2D eigenvalue weighted by molar-refractivity contribution is 9.10. The Morgan fingerprint density at radius 2 is 2.14 bits per heavy atom. The second-order valence-corrected chi connectivity index (χ2v) is 4.20.